The topological polar surface area (TPSA) is 99.3 Å². The normalized spacial score (nSPS) is 21.9. The molecule has 3 aromatic carbocycles. The van der Waals surface area contributed by atoms with Crippen molar-refractivity contribution in [2.45, 2.75) is 31.8 Å². The maximum atomic E-state index is 15.2. The number of fused-ring (bicyclic) bond motifs is 5. The summed E-state index contributed by atoms with van der Waals surface area (Å²) >= 11 is 0. The van der Waals surface area contributed by atoms with Crippen LogP contribution in [0, 0.1) is 17.7 Å². The summed E-state index contributed by atoms with van der Waals surface area (Å²) in [5.74, 6) is -0.348. The number of benzene rings is 3. The van der Waals surface area contributed by atoms with E-state index in [9.17, 15) is 14.4 Å². The minimum absolute atomic E-state index is 0.162. The predicted octanol–water partition coefficient (Wildman–Crippen LogP) is 4.57. The molecule has 3 heterocycles. The Balaban J connectivity index is 1.47. The lowest BCUT2D eigenvalue weighted by molar-refractivity contribution is -0.132. The van der Waals surface area contributed by atoms with Gasteiger partial charge in [-0.3, -0.25) is 19.4 Å². The van der Waals surface area contributed by atoms with E-state index in [4.69, 9.17) is 10.7 Å². The summed E-state index contributed by atoms with van der Waals surface area (Å²) in [6.45, 7) is 1.13. The zero-order chi connectivity index (χ0) is 28.5. The molecule has 41 heavy (non-hydrogen) atoms. The van der Waals surface area contributed by atoms with Gasteiger partial charge in [0, 0.05) is 29.9 Å². The molecule has 0 aromatic heterocycles. The van der Waals surface area contributed by atoms with Gasteiger partial charge in [-0.1, -0.05) is 48.5 Å². The van der Waals surface area contributed by atoms with Crippen LogP contribution in [0.2, 0.25) is 0 Å². The van der Waals surface area contributed by atoms with E-state index < -0.39 is 23.9 Å². The summed E-state index contributed by atoms with van der Waals surface area (Å²) in [4.78, 5) is 50.2. The Hall–Kier alpha value is -4.53. The lowest BCUT2D eigenvalue weighted by Crippen LogP contribution is -2.54. The number of benzodiazepines with no additional fused rings is 1. The van der Waals surface area contributed by atoms with E-state index >= 15 is 4.39 Å². The molecule has 3 fully saturated rings. The van der Waals surface area contributed by atoms with Gasteiger partial charge >= 0.3 is 6.03 Å². The first kappa shape index (κ1) is 26.7. The van der Waals surface area contributed by atoms with Crippen LogP contribution in [0.15, 0.2) is 83.9 Å². The number of anilines is 2. The molecule has 210 valence electrons. The summed E-state index contributed by atoms with van der Waals surface area (Å²) < 4.78 is 15.2. The first-order valence-corrected chi connectivity index (χ1v) is 14.1. The standard InChI is InChI=1S/C32H32FN5O3/c33-26-12-6-4-10-24(26)29-25-11-5-7-13-27(25)37(20-28(39)36-18-21-14-15-22(19-36)17-16-21)31(40)30(35-29)38(32(34)41)23-8-2-1-3-9-23/h1-13,21-22,30H,14-20H2,(H2,34,41)/t21?,22?,30-/m1/s1. The molecule has 9 heteroatoms. The van der Waals surface area contributed by atoms with Crippen LogP contribution in [0.3, 0.4) is 0 Å². The number of hydrogen-bond donors (Lipinski definition) is 1. The maximum absolute atomic E-state index is 15.2. The lowest BCUT2D eigenvalue weighted by atomic mass is 9.84. The molecule has 2 N–H and O–H groups in total. The van der Waals surface area contributed by atoms with Crippen molar-refractivity contribution >= 4 is 34.9 Å². The number of aliphatic imine (C=N–C) groups is 1. The first-order chi connectivity index (χ1) is 19.9. The van der Waals surface area contributed by atoms with E-state index in [0.717, 1.165) is 30.6 Å². The van der Waals surface area contributed by atoms with E-state index in [1.165, 1.54) is 11.0 Å². The molecule has 0 unspecified atom stereocenters. The van der Waals surface area contributed by atoms with E-state index in [0.29, 0.717) is 41.9 Å². The quantitative estimate of drug-likeness (QED) is 0.501. The molecule has 3 aliphatic heterocycles. The number of hydrogen-bond acceptors (Lipinski definition) is 4. The minimum atomic E-state index is -1.47. The second-order valence-corrected chi connectivity index (χ2v) is 11.0. The van der Waals surface area contributed by atoms with Crippen molar-refractivity contribution in [1.29, 1.82) is 0 Å². The zero-order valence-corrected chi connectivity index (χ0v) is 22.7. The van der Waals surface area contributed by atoms with Crippen molar-refractivity contribution in [1.82, 2.24) is 4.90 Å². The van der Waals surface area contributed by atoms with Crippen LogP contribution < -0.4 is 15.5 Å². The minimum Gasteiger partial charge on any atom is -0.351 e. The van der Waals surface area contributed by atoms with Crippen molar-refractivity contribution in [3.63, 3.8) is 0 Å². The molecule has 7 rings (SSSR count). The Morgan fingerprint density at radius 1 is 0.854 bits per heavy atom. The van der Waals surface area contributed by atoms with Gasteiger partial charge in [0.2, 0.25) is 12.1 Å². The number of carbonyl (C=O) groups excluding carboxylic acids is 3. The molecule has 2 bridgehead atoms. The number of nitrogens with two attached hydrogens (primary N) is 1. The number of primary amides is 1. The molecule has 2 saturated heterocycles. The Bertz CT molecular complexity index is 1490. The molecule has 0 spiro atoms. The number of halogens is 1. The average molecular weight is 554 g/mol. The summed E-state index contributed by atoms with van der Waals surface area (Å²) in [6, 6.07) is 20.8. The molecular weight excluding hydrogens is 521 g/mol. The maximum Gasteiger partial charge on any atom is 0.321 e. The fraction of sp³-hybridized carbons (Fsp3) is 0.312. The smallest absolute Gasteiger partial charge is 0.321 e. The Labute approximate surface area is 238 Å². The van der Waals surface area contributed by atoms with E-state index in [1.54, 1.807) is 72.8 Å². The highest BCUT2D eigenvalue weighted by atomic mass is 19.1. The van der Waals surface area contributed by atoms with Crippen LogP contribution >= 0.6 is 0 Å². The van der Waals surface area contributed by atoms with Crippen molar-refractivity contribution in [2.75, 3.05) is 29.4 Å². The second kappa shape index (κ2) is 11.2. The molecule has 1 aliphatic carbocycles. The van der Waals surface area contributed by atoms with Crippen LogP contribution in [0.4, 0.5) is 20.6 Å². The molecular formula is C32H32FN5O3. The number of rotatable bonds is 5. The monoisotopic (exact) mass is 553 g/mol. The molecule has 1 saturated carbocycles. The lowest BCUT2D eigenvalue weighted by Gasteiger charge is -2.32. The number of nitrogens with zero attached hydrogens (tertiary/aromatic N) is 4. The van der Waals surface area contributed by atoms with Crippen molar-refractivity contribution < 1.29 is 18.8 Å². The number of urea groups is 1. The van der Waals surface area contributed by atoms with Gasteiger partial charge in [0.1, 0.15) is 12.4 Å². The Morgan fingerprint density at radius 2 is 1.44 bits per heavy atom. The van der Waals surface area contributed by atoms with Crippen LogP contribution in [-0.4, -0.2) is 54.3 Å². The highest BCUT2D eigenvalue weighted by molar-refractivity contribution is 6.22. The largest absolute Gasteiger partial charge is 0.351 e. The van der Waals surface area contributed by atoms with Crippen molar-refractivity contribution in [2.24, 2.45) is 22.6 Å². The summed E-state index contributed by atoms with van der Waals surface area (Å²) in [6.07, 6.45) is 3.00. The molecule has 3 aromatic rings. The zero-order valence-electron chi connectivity index (χ0n) is 22.7. The van der Waals surface area contributed by atoms with Crippen molar-refractivity contribution in [3.05, 3.63) is 95.8 Å². The predicted molar refractivity (Wildman–Crippen MR) is 155 cm³/mol. The van der Waals surface area contributed by atoms with Crippen molar-refractivity contribution in [3.8, 4) is 0 Å². The number of carbonyl (C=O) groups is 3. The van der Waals surface area contributed by atoms with E-state index in [2.05, 4.69) is 0 Å². The highest BCUT2D eigenvalue weighted by Gasteiger charge is 2.40. The van der Waals surface area contributed by atoms with E-state index in [-0.39, 0.29) is 23.7 Å². The summed E-state index contributed by atoms with van der Waals surface area (Å²) in [7, 11) is 0. The van der Waals surface area contributed by atoms with Gasteiger partial charge in [0.25, 0.3) is 5.91 Å². The van der Waals surface area contributed by atoms with Gasteiger partial charge in [-0.05, 0) is 67.9 Å². The number of para-hydroxylation sites is 2. The molecule has 4 amide bonds. The van der Waals surface area contributed by atoms with Gasteiger partial charge in [-0.25, -0.2) is 14.2 Å². The highest BCUT2D eigenvalue weighted by Crippen LogP contribution is 2.35. The third-order valence-corrected chi connectivity index (χ3v) is 8.40. The van der Waals surface area contributed by atoms with Crippen LogP contribution in [0.1, 0.15) is 36.8 Å². The first-order valence-electron chi connectivity index (χ1n) is 14.1. The van der Waals surface area contributed by atoms with Gasteiger partial charge in [-0.15, -0.1) is 0 Å². The molecule has 1 atom stereocenters. The fourth-order valence-electron chi connectivity index (χ4n) is 6.32. The third kappa shape index (κ3) is 5.19. The van der Waals surface area contributed by atoms with Crippen LogP contribution in [-0.2, 0) is 9.59 Å². The molecule has 4 aliphatic rings. The van der Waals surface area contributed by atoms with Crippen LogP contribution in [0.5, 0.6) is 0 Å². The van der Waals surface area contributed by atoms with Crippen LogP contribution in [0.25, 0.3) is 0 Å². The SMILES string of the molecule is NC(=O)N(c1ccccc1)[C@H]1N=C(c2ccccc2F)c2ccccc2N(CC(=O)N2CC3CCC(CC3)C2)C1=O. The van der Waals surface area contributed by atoms with Gasteiger partial charge in [0.05, 0.1) is 11.4 Å². The Kier molecular flexibility index (Phi) is 7.26. The average Bonchev–Trinajstić information content (AvgIpc) is 3.37. The van der Waals surface area contributed by atoms with Gasteiger partial charge in [-0.2, -0.15) is 0 Å². The molecule has 8 nitrogen and oxygen atoms in total. The molecule has 0 radical (unpaired) electrons. The Morgan fingerprint density at radius 3 is 2.07 bits per heavy atom. The van der Waals surface area contributed by atoms with Gasteiger partial charge in [0.15, 0.2) is 0 Å². The number of amides is 4. The summed E-state index contributed by atoms with van der Waals surface area (Å²) in [5.41, 5.74) is 7.48. The van der Waals surface area contributed by atoms with E-state index in [1.807, 2.05) is 4.90 Å². The summed E-state index contributed by atoms with van der Waals surface area (Å²) in [5, 5.41) is 0. The second-order valence-electron chi connectivity index (χ2n) is 11.0. The fourth-order valence-corrected chi connectivity index (χ4v) is 6.32. The third-order valence-electron chi connectivity index (χ3n) is 8.40. The van der Waals surface area contributed by atoms with Gasteiger partial charge < -0.3 is 10.6 Å².